The van der Waals surface area contributed by atoms with Gasteiger partial charge in [-0.3, -0.25) is 13.9 Å². The second-order valence-electron chi connectivity index (χ2n) is 7.04. The number of anilines is 1. The second-order valence-corrected chi connectivity index (χ2v) is 10.7. The van der Waals surface area contributed by atoms with Gasteiger partial charge in [-0.15, -0.1) is 0 Å². The Morgan fingerprint density at radius 2 is 1.72 bits per heavy atom. The molecule has 0 bridgehead atoms. The van der Waals surface area contributed by atoms with Gasteiger partial charge in [-0.25, -0.2) is 8.42 Å². The van der Waals surface area contributed by atoms with E-state index in [4.69, 9.17) is 23.2 Å². The average molecular weight is 565 g/mol. The van der Waals surface area contributed by atoms with E-state index >= 15 is 0 Å². The number of hydrogen-bond donors (Lipinski definition) is 1. The zero-order chi connectivity index (χ0) is 24.1. The lowest BCUT2D eigenvalue weighted by Gasteiger charge is -2.31. The molecule has 0 aliphatic rings. The Morgan fingerprint density at radius 3 is 2.25 bits per heavy atom. The molecule has 1 atom stereocenters. The lowest BCUT2D eigenvalue weighted by atomic mass is 10.1. The normalized spacial score (nSPS) is 12.2. The van der Waals surface area contributed by atoms with Crippen LogP contribution in [0.25, 0.3) is 0 Å². The molecule has 0 saturated carbocycles. The third-order valence-electron chi connectivity index (χ3n) is 4.68. The van der Waals surface area contributed by atoms with Crippen molar-refractivity contribution in [2.24, 2.45) is 0 Å². The van der Waals surface area contributed by atoms with E-state index in [0.717, 1.165) is 10.6 Å². The molecule has 0 spiro atoms. The number of carbonyl (C=O) groups excluding carboxylic acids is 2. The Kier molecular flexibility index (Phi) is 9.39. The van der Waals surface area contributed by atoms with E-state index in [1.165, 1.54) is 4.90 Å². The summed E-state index contributed by atoms with van der Waals surface area (Å²) < 4.78 is 26.6. The smallest absolute Gasteiger partial charge is 0.244 e. The number of hydrogen-bond acceptors (Lipinski definition) is 4. The number of likely N-dealkylation sites (N-methyl/N-ethyl adjacent to an activating group) is 1. The summed E-state index contributed by atoms with van der Waals surface area (Å²) in [5, 5.41) is 3.36. The molecule has 0 aliphatic heterocycles. The molecule has 2 aromatic rings. The topological polar surface area (TPSA) is 86.8 Å². The summed E-state index contributed by atoms with van der Waals surface area (Å²) >= 11 is 15.9. The number of amides is 2. The van der Waals surface area contributed by atoms with Crippen LogP contribution in [0.2, 0.25) is 10.0 Å². The van der Waals surface area contributed by atoms with E-state index < -0.39 is 28.5 Å². The van der Waals surface area contributed by atoms with Crippen LogP contribution in [0.3, 0.4) is 0 Å². The molecule has 0 heterocycles. The van der Waals surface area contributed by atoms with Crippen LogP contribution in [0.15, 0.2) is 46.9 Å². The summed E-state index contributed by atoms with van der Waals surface area (Å²) in [6, 6.07) is 10.6. The Morgan fingerprint density at radius 1 is 1.12 bits per heavy atom. The minimum Gasteiger partial charge on any atom is -0.355 e. The van der Waals surface area contributed by atoms with Gasteiger partial charge >= 0.3 is 0 Å². The highest BCUT2D eigenvalue weighted by atomic mass is 79.9. The van der Waals surface area contributed by atoms with Gasteiger partial charge in [0, 0.05) is 33.2 Å². The molecular weight excluding hydrogens is 541 g/mol. The molecule has 0 aromatic heterocycles. The lowest BCUT2D eigenvalue weighted by Crippen LogP contribution is -2.51. The van der Waals surface area contributed by atoms with Crippen molar-refractivity contribution >= 4 is 66.7 Å². The Bertz CT molecular complexity index is 1080. The molecule has 32 heavy (non-hydrogen) atoms. The maximum Gasteiger partial charge on any atom is 0.244 e. The fraction of sp³-hybridized carbons (Fsp3) is 0.333. The monoisotopic (exact) mass is 563 g/mol. The van der Waals surface area contributed by atoms with Crippen molar-refractivity contribution < 1.29 is 18.0 Å². The van der Waals surface area contributed by atoms with Crippen molar-refractivity contribution in [1.82, 2.24) is 10.2 Å². The van der Waals surface area contributed by atoms with E-state index in [1.807, 2.05) is 0 Å². The first-order valence-corrected chi connectivity index (χ1v) is 13.1. The van der Waals surface area contributed by atoms with Crippen molar-refractivity contribution in [2.75, 3.05) is 23.7 Å². The van der Waals surface area contributed by atoms with Gasteiger partial charge < -0.3 is 10.2 Å². The van der Waals surface area contributed by atoms with Crippen molar-refractivity contribution in [2.45, 2.75) is 26.4 Å². The first kappa shape index (κ1) is 26.4. The van der Waals surface area contributed by atoms with Gasteiger partial charge in [-0.05, 0) is 44.2 Å². The first-order chi connectivity index (χ1) is 15.0. The highest BCUT2D eigenvalue weighted by molar-refractivity contribution is 9.10. The van der Waals surface area contributed by atoms with Crippen LogP contribution in [-0.2, 0) is 26.2 Å². The van der Waals surface area contributed by atoms with E-state index in [-0.39, 0.29) is 12.5 Å². The molecule has 174 valence electrons. The molecule has 0 saturated heterocycles. The predicted molar refractivity (Wildman–Crippen MR) is 131 cm³/mol. The van der Waals surface area contributed by atoms with E-state index in [2.05, 4.69) is 21.2 Å². The van der Waals surface area contributed by atoms with Crippen molar-refractivity contribution in [3.63, 3.8) is 0 Å². The summed E-state index contributed by atoms with van der Waals surface area (Å²) in [6.45, 7) is 3.15. The first-order valence-electron chi connectivity index (χ1n) is 9.69. The van der Waals surface area contributed by atoms with Crippen LogP contribution in [0.1, 0.15) is 19.4 Å². The van der Waals surface area contributed by atoms with Crippen molar-refractivity contribution in [3.05, 3.63) is 62.5 Å². The number of nitrogens with zero attached hydrogens (tertiary/aromatic N) is 2. The van der Waals surface area contributed by atoms with Crippen LogP contribution in [0, 0.1) is 0 Å². The van der Waals surface area contributed by atoms with Gasteiger partial charge in [0.1, 0.15) is 12.6 Å². The molecule has 2 amide bonds. The Balaban J connectivity index is 2.44. The molecule has 0 fully saturated rings. The van der Waals surface area contributed by atoms with Gasteiger partial charge in [0.2, 0.25) is 21.8 Å². The minimum absolute atomic E-state index is 0.0638. The summed E-state index contributed by atoms with van der Waals surface area (Å²) in [6.07, 6.45) is 1.02. The van der Waals surface area contributed by atoms with Gasteiger partial charge in [-0.2, -0.15) is 0 Å². The van der Waals surface area contributed by atoms with Crippen LogP contribution in [0.4, 0.5) is 5.69 Å². The standard InChI is InChI=1S/C21H24BrCl2N3O4S/c1-4-25-21(29)14(2)26(12-17-18(23)9-6-10-19(17)24)20(28)13-27(32(3,30)31)16-8-5-7-15(22)11-16/h5-11,14H,4,12-13H2,1-3H3,(H,25,29)/t14-/m0/s1. The zero-order valence-electron chi connectivity index (χ0n) is 17.8. The van der Waals surface area contributed by atoms with Crippen LogP contribution in [0.5, 0.6) is 0 Å². The minimum atomic E-state index is -3.80. The molecule has 0 aliphatic carbocycles. The molecular formula is C21H24BrCl2N3O4S. The summed E-state index contributed by atoms with van der Waals surface area (Å²) in [5.74, 6) is -0.956. The highest BCUT2D eigenvalue weighted by Crippen LogP contribution is 2.27. The Hall–Kier alpha value is -1.81. The third-order valence-corrected chi connectivity index (χ3v) is 7.03. The van der Waals surface area contributed by atoms with E-state index in [0.29, 0.717) is 32.3 Å². The maximum absolute atomic E-state index is 13.4. The van der Waals surface area contributed by atoms with Crippen molar-refractivity contribution in [1.29, 1.82) is 0 Å². The number of halogens is 3. The predicted octanol–water partition coefficient (Wildman–Crippen LogP) is 4.08. The number of benzene rings is 2. The number of nitrogens with one attached hydrogen (secondary N) is 1. The fourth-order valence-corrected chi connectivity index (χ4v) is 4.75. The number of carbonyl (C=O) groups is 2. The Labute approximate surface area is 206 Å². The van der Waals surface area contributed by atoms with Crippen molar-refractivity contribution in [3.8, 4) is 0 Å². The van der Waals surface area contributed by atoms with E-state index in [9.17, 15) is 18.0 Å². The molecule has 1 N–H and O–H groups in total. The van der Waals surface area contributed by atoms with Crippen LogP contribution < -0.4 is 9.62 Å². The quantitative estimate of drug-likeness (QED) is 0.497. The molecule has 0 unspecified atom stereocenters. The lowest BCUT2D eigenvalue weighted by molar-refractivity contribution is -0.139. The molecule has 7 nitrogen and oxygen atoms in total. The number of sulfonamides is 1. The summed E-state index contributed by atoms with van der Waals surface area (Å²) in [4.78, 5) is 27.2. The van der Waals surface area contributed by atoms with E-state index in [1.54, 1.807) is 56.3 Å². The van der Waals surface area contributed by atoms with Gasteiger partial charge in [-0.1, -0.05) is 51.3 Å². The number of rotatable bonds is 9. The average Bonchev–Trinajstić information content (AvgIpc) is 2.70. The summed E-state index contributed by atoms with van der Waals surface area (Å²) in [5.41, 5.74) is 0.783. The molecule has 11 heteroatoms. The van der Waals surface area contributed by atoms with Gasteiger partial charge in [0.05, 0.1) is 11.9 Å². The van der Waals surface area contributed by atoms with Crippen LogP contribution >= 0.6 is 39.1 Å². The molecule has 2 rings (SSSR count). The zero-order valence-corrected chi connectivity index (χ0v) is 21.7. The maximum atomic E-state index is 13.4. The molecule has 0 radical (unpaired) electrons. The second kappa shape index (κ2) is 11.4. The highest BCUT2D eigenvalue weighted by Gasteiger charge is 2.30. The largest absolute Gasteiger partial charge is 0.355 e. The third kappa shape index (κ3) is 6.84. The van der Waals surface area contributed by atoms with Gasteiger partial charge in [0.25, 0.3) is 0 Å². The fourth-order valence-electron chi connectivity index (χ4n) is 3.00. The summed E-state index contributed by atoms with van der Waals surface area (Å²) in [7, 11) is -3.80. The van der Waals surface area contributed by atoms with Gasteiger partial charge in [0.15, 0.2) is 0 Å². The SMILES string of the molecule is CCNC(=O)[C@H](C)N(Cc1c(Cl)cccc1Cl)C(=O)CN(c1cccc(Br)c1)S(C)(=O)=O. The van der Waals surface area contributed by atoms with Crippen LogP contribution in [-0.4, -0.2) is 50.5 Å². The molecule has 2 aromatic carbocycles.